The Labute approximate surface area is 144 Å². The summed E-state index contributed by atoms with van der Waals surface area (Å²) in [4.78, 5) is 37.4. The largest absolute Gasteiger partial charge is 0.477 e. The third kappa shape index (κ3) is 2.51. The summed E-state index contributed by atoms with van der Waals surface area (Å²) in [5.74, 6) is -2.55. The standard InChI is InChI=1S/C16H16N2O6S/c1-9-3-5-11(6-4-9)17(8-19)13-14(20)18-12(16(21)22)10(2)7-25(23,24)15(13)18/h3-6,8,13,15H,7H2,1-2H3,(H,21,22)/t13?,15-/m1/s1. The number of benzene rings is 1. The number of carboxylic acids is 1. The highest BCUT2D eigenvalue weighted by atomic mass is 32.2. The van der Waals surface area contributed by atoms with Crippen LogP contribution in [0.4, 0.5) is 5.69 Å². The Kier molecular flexibility index (Phi) is 3.91. The minimum atomic E-state index is -3.81. The lowest BCUT2D eigenvalue weighted by Crippen LogP contribution is -2.74. The fourth-order valence-electron chi connectivity index (χ4n) is 3.25. The van der Waals surface area contributed by atoms with Crippen LogP contribution in [-0.4, -0.2) is 53.9 Å². The molecule has 25 heavy (non-hydrogen) atoms. The minimum Gasteiger partial charge on any atom is -0.477 e. The van der Waals surface area contributed by atoms with Crippen molar-refractivity contribution in [3.05, 3.63) is 41.1 Å². The van der Waals surface area contributed by atoms with E-state index >= 15 is 0 Å². The van der Waals surface area contributed by atoms with Gasteiger partial charge in [0.05, 0.1) is 5.75 Å². The van der Waals surface area contributed by atoms with Crippen molar-refractivity contribution >= 4 is 33.8 Å². The minimum absolute atomic E-state index is 0.100. The van der Waals surface area contributed by atoms with Gasteiger partial charge < -0.3 is 5.11 Å². The second-order valence-electron chi connectivity index (χ2n) is 6.13. The first kappa shape index (κ1) is 17.2. The van der Waals surface area contributed by atoms with Crippen molar-refractivity contribution in [3.63, 3.8) is 0 Å². The summed E-state index contributed by atoms with van der Waals surface area (Å²) in [5.41, 5.74) is 1.09. The normalized spacial score (nSPS) is 24.4. The fourth-order valence-corrected chi connectivity index (χ4v) is 5.33. The zero-order chi connectivity index (χ0) is 18.5. The van der Waals surface area contributed by atoms with Gasteiger partial charge in [0.15, 0.2) is 21.3 Å². The summed E-state index contributed by atoms with van der Waals surface area (Å²) >= 11 is 0. The molecule has 1 saturated heterocycles. The number of aliphatic carboxylic acids is 1. The third-order valence-electron chi connectivity index (χ3n) is 4.39. The number of carbonyl (C=O) groups is 3. The molecule has 0 spiro atoms. The fraction of sp³-hybridized carbons (Fsp3) is 0.312. The van der Waals surface area contributed by atoms with Crippen molar-refractivity contribution in [1.29, 1.82) is 0 Å². The van der Waals surface area contributed by atoms with Gasteiger partial charge >= 0.3 is 5.97 Å². The molecule has 3 rings (SSSR count). The lowest BCUT2D eigenvalue weighted by molar-refractivity contribution is -0.148. The van der Waals surface area contributed by atoms with E-state index in [0.29, 0.717) is 12.1 Å². The maximum Gasteiger partial charge on any atom is 0.352 e. The number of rotatable bonds is 4. The van der Waals surface area contributed by atoms with Gasteiger partial charge in [-0.1, -0.05) is 17.7 Å². The summed E-state index contributed by atoms with van der Waals surface area (Å²) in [6.07, 6.45) is 0.395. The number of carboxylic acid groups (broad SMARTS) is 1. The predicted octanol–water partition coefficient (Wildman–Crippen LogP) is 0.282. The van der Waals surface area contributed by atoms with Crippen molar-refractivity contribution in [2.24, 2.45) is 0 Å². The Morgan fingerprint density at radius 3 is 2.40 bits per heavy atom. The van der Waals surface area contributed by atoms with E-state index in [1.165, 1.54) is 6.92 Å². The Morgan fingerprint density at radius 2 is 1.88 bits per heavy atom. The summed E-state index contributed by atoms with van der Waals surface area (Å²) in [6.45, 7) is 3.22. The first-order chi connectivity index (χ1) is 11.7. The highest BCUT2D eigenvalue weighted by molar-refractivity contribution is 7.92. The second-order valence-corrected chi connectivity index (χ2v) is 8.23. The Balaban J connectivity index is 2.06. The van der Waals surface area contributed by atoms with Crippen LogP contribution in [-0.2, 0) is 24.2 Å². The van der Waals surface area contributed by atoms with Crippen LogP contribution >= 0.6 is 0 Å². The molecule has 0 saturated carbocycles. The maximum atomic E-state index is 12.5. The SMILES string of the molecule is CC1=C(C(=O)O)N2C(=O)C(N(C=O)c3ccc(C)cc3)[C@H]2S(=O)(=O)C1. The first-order valence-electron chi connectivity index (χ1n) is 7.47. The van der Waals surface area contributed by atoms with Crippen molar-refractivity contribution in [2.45, 2.75) is 25.3 Å². The number of aryl methyl sites for hydroxylation is 1. The average Bonchev–Trinajstić information content (AvgIpc) is 2.52. The third-order valence-corrected chi connectivity index (χ3v) is 6.43. The molecule has 2 aliphatic rings. The number of hydrogen-bond donors (Lipinski definition) is 1. The zero-order valence-electron chi connectivity index (χ0n) is 13.5. The number of hydrogen-bond acceptors (Lipinski definition) is 5. The van der Waals surface area contributed by atoms with Crippen LogP contribution < -0.4 is 4.90 Å². The lowest BCUT2D eigenvalue weighted by atomic mass is 10.0. The Bertz CT molecular complexity index is 903. The molecule has 2 atom stereocenters. The van der Waals surface area contributed by atoms with Crippen molar-refractivity contribution in [2.75, 3.05) is 10.7 Å². The molecule has 0 aromatic heterocycles. The molecule has 1 aromatic rings. The summed E-state index contributed by atoms with van der Waals surface area (Å²) in [5, 5.41) is 7.93. The van der Waals surface area contributed by atoms with Gasteiger partial charge in [-0.15, -0.1) is 0 Å². The van der Waals surface area contributed by atoms with Crippen molar-refractivity contribution in [3.8, 4) is 0 Å². The number of β-lactam (4-membered cyclic amide) rings is 1. The average molecular weight is 364 g/mol. The summed E-state index contributed by atoms with van der Waals surface area (Å²) < 4.78 is 25.0. The highest BCUT2D eigenvalue weighted by Gasteiger charge is 2.61. The molecule has 0 aliphatic carbocycles. The van der Waals surface area contributed by atoms with E-state index < -0.39 is 38.9 Å². The smallest absolute Gasteiger partial charge is 0.352 e. The lowest BCUT2D eigenvalue weighted by Gasteiger charge is -2.51. The van der Waals surface area contributed by atoms with Gasteiger partial charge in [-0.2, -0.15) is 0 Å². The van der Waals surface area contributed by atoms with E-state index in [2.05, 4.69) is 0 Å². The molecule has 132 valence electrons. The van der Waals surface area contributed by atoms with E-state index in [9.17, 15) is 27.9 Å². The summed E-state index contributed by atoms with van der Waals surface area (Å²) in [6, 6.07) is 5.40. The zero-order valence-corrected chi connectivity index (χ0v) is 14.4. The van der Waals surface area contributed by atoms with Crippen LogP contribution in [0.25, 0.3) is 0 Å². The topological polar surface area (TPSA) is 112 Å². The molecule has 9 heteroatoms. The molecule has 2 aliphatic heterocycles. The van der Waals surface area contributed by atoms with Crippen LogP contribution in [0.15, 0.2) is 35.5 Å². The van der Waals surface area contributed by atoms with E-state index in [0.717, 1.165) is 15.4 Å². The molecule has 1 unspecified atom stereocenters. The van der Waals surface area contributed by atoms with Gasteiger partial charge in [-0.05, 0) is 31.6 Å². The molecule has 0 radical (unpaired) electrons. The van der Waals surface area contributed by atoms with Crippen LogP contribution in [0.2, 0.25) is 0 Å². The van der Waals surface area contributed by atoms with E-state index in [4.69, 9.17) is 0 Å². The van der Waals surface area contributed by atoms with Crippen LogP contribution in [0.1, 0.15) is 12.5 Å². The van der Waals surface area contributed by atoms with Gasteiger partial charge in [0.25, 0.3) is 5.91 Å². The number of nitrogens with zero attached hydrogens (tertiary/aromatic N) is 2. The molecule has 8 nitrogen and oxygen atoms in total. The monoisotopic (exact) mass is 364 g/mol. The highest BCUT2D eigenvalue weighted by Crippen LogP contribution is 2.39. The summed E-state index contributed by atoms with van der Waals surface area (Å²) in [7, 11) is -3.81. The molecular formula is C16H16N2O6S. The molecule has 2 heterocycles. The number of sulfone groups is 1. The molecular weight excluding hydrogens is 348 g/mol. The maximum absolute atomic E-state index is 12.5. The molecule has 0 bridgehead atoms. The molecule has 2 amide bonds. The molecule has 1 N–H and O–H groups in total. The quantitative estimate of drug-likeness (QED) is 0.607. The van der Waals surface area contributed by atoms with E-state index in [1.807, 2.05) is 6.92 Å². The number of fused-ring (bicyclic) bond motifs is 1. The van der Waals surface area contributed by atoms with Gasteiger partial charge in [0, 0.05) is 5.69 Å². The second kappa shape index (κ2) is 5.69. The predicted molar refractivity (Wildman–Crippen MR) is 88.3 cm³/mol. The van der Waals surface area contributed by atoms with Gasteiger partial charge in [-0.25, -0.2) is 13.2 Å². The van der Waals surface area contributed by atoms with E-state index in [1.54, 1.807) is 24.3 Å². The Hall–Kier alpha value is -2.68. The van der Waals surface area contributed by atoms with Crippen LogP contribution in [0.3, 0.4) is 0 Å². The van der Waals surface area contributed by atoms with Gasteiger partial charge in [0.2, 0.25) is 6.41 Å². The Morgan fingerprint density at radius 1 is 1.28 bits per heavy atom. The van der Waals surface area contributed by atoms with Gasteiger partial charge in [0.1, 0.15) is 5.70 Å². The van der Waals surface area contributed by atoms with Crippen LogP contribution in [0, 0.1) is 6.92 Å². The molecule has 1 fully saturated rings. The first-order valence-corrected chi connectivity index (χ1v) is 9.18. The van der Waals surface area contributed by atoms with Gasteiger partial charge in [-0.3, -0.25) is 19.4 Å². The van der Waals surface area contributed by atoms with Crippen molar-refractivity contribution < 1.29 is 27.9 Å². The van der Waals surface area contributed by atoms with E-state index in [-0.39, 0.29) is 11.3 Å². The number of amides is 2. The molecule has 1 aromatic carbocycles. The number of carbonyl (C=O) groups excluding carboxylic acids is 2. The number of anilines is 1. The van der Waals surface area contributed by atoms with Crippen LogP contribution in [0.5, 0.6) is 0 Å². The van der Waals surface area contributed by atoms with Crippen molar-refractivity contribution in [1.82, 2.24) is 4.90 Å².